The van der Waals surface area contributed by atoms with E-state index in [4.69, 9.17) is 0 Å². The van der Waals surface area contributed by atoms with Crippen molar-refractivity contribution in [2.75, 3.05) is 0 Å². The minimum absolute atomic E-state index is 0.484. The van der Waals surface area contributed by atoms with Crippen molar-refractivity contribution < 1.29 is 18.3 Å². The summed E-state index contributed by atoms with van der Waals surface area (Å²) in [5, 5.41) is 9.43. The summed E-state index contributed by atoms with van der Waals surface area (Å²) in [6, 6.07) is 9.85. The topological polar surface area (TPSA) is 33.1 Å². The van der Waals surface area contributed by atoms with Gasteiger partial charge < -0.3 is 5.11 Å². The van der Waals surface area contributed by atoms with Crippen molar-refractivity contribution in [3.8, 4) is 11.3 Å². The Balaban J connectivity index is 2.35. The van der Waals surface area contributed by atoms with Gasteiger partial charge in [0.1, 0.15) is 0 Å². The molecule has 1 atom stereocenters. The van der Waals surface area contributed by atoms with Crippen LogP contribution in [-0.2, 0) is 6.18 Å². The Morgan fingerprint density at radius 3 is 2.21 bits per heavy atom. The molecule has 19 heavy (non-hydrogen) atoms. The Bertz CT molecular complexity index is 562. The summed E-state index contributed by atoms with van der Waals surface area (Å²) in [7, 11) is 0. The van der Waals surface area contributed by atoms with Gasteiger partial charge in [0.25, 0.3) is 0 Å². The van der Waals surface area contributed by atoms with Gasteiger partial charge in [-0.3, -0.25) is 4.98 Å². The highest BCUT2D eigenvalue weighted by Crippen LogP contribution is 2.30. The SMILES string of the molecule is C[C@H](O)c1cccc(-c2ccc(C(F)(F)F)cc2)n1. The number of nitrogens with zero attached hydrogens (tertiary/aromatic N) is 1. The summed E-state index contributed by atoms with van der Waals surface area (Å²) >= 11 is 0. The zero-order valence-electron chi connectivity index (χ0n) is 10.1. The normalized spacial score (nSPS) is 13.3. The van der Waals surface area contributed by atoms with Gasteiger partial charge in [-0.1, -0.05) is 18.2 Å². The van der Waals surface area contributed by atoms with Crippen LogP contribution in [0.5, 0.6) is 0 Å². The van der Waals surface area contributed by atoms with Crippen LogP contribution in [0.3, 0.4) is 0 Å². The molecule has 1 heterocycles. The van der Waals surface area contributed by atoms with Crippen LogP contribution in [0, 0.1) is 0 Å². The van der Waals surface area contributed by atoms with Crippen LogP contribution in [0.15, 0.2) is 42.5 Å². The molecule has 1 N–H and O–H groups in total. The minimum atomic E-state index is -4.34. The molecule has 0 radical (unpaired) electrons. The van der Waals surface area contributed by atoms with Crippen molar-refractivity contribution in [2.24, 2.45) is 0 Å². The van der Waals surface area contributed by atoms with Crippen LogP contribution >= 0.6 is 0 Å². The van der Waals surface area contributed by atoms with Crippen molar-refractivity contribution in [3.63, 3.8) is 0 Å². The Kier molecular flexibility index (Phi) is 3.57. The number of halogens is 3. The number of aliphatic hydroxyl groups excluding tert-OH is 1. The Morgan fingerprint density at radius 1 is 1.05 bits per heavy atom. The lowest BCUT2D eigenvalue weighted by atomic mass is 10.1. The summed E-state index contributed by atoms with van der Waals surface area (Å²) in [6.07, 6.45) is -5.05. The highest BCUT2D eigenvalue weighted by molar-refractivity contribution is 5.59. The standard InChI is InChI=1S/C14H12F3NO/c1-9(19)12-3-2-4-13(18-12)10-5-7-11(8-6-10)14(15,16)17/h2-9,19H,1H3/t9-/m0/s1. The zero-order chi connectivity index (χ0) is 14.0. The second-order valence-corrected chi connectivity index (χ2v) is 4.20. The van der Waals surface area contributed by atoms with E-state index in [0.29, 0.717) is 17.0 Å². The molecular formula is C14H12F3NO. The lowest BCUT2D eigenvalue weighted by Gasteiger charge is -2.09. The number of aliphatic hydroxyl groups is 1. The van der Waals surface area contributed by atoms with Crippen LogP contribution < -0.4 is 0 Å². The van der Waals surface area contributed by atoms with Gasteiger partial charge in [0.15, 0.2) is 0 Å². The Hall–Kier alpha value is -1.88. The molecule has 0 amide bonds. The first-order valence-electron chi connectivity index (χ1n) is 5.70. The van der Waals surface area contributed by atoms with Crippen LogP contribution in [-0.4, -0.2) is 10.1 Å². The van der Waals surface area contributed by atoms with Gasteiger partial charge in [-0.05, 0) is 31.2 Å². The maximum atomic E-state index is 12.4. The third-order valence-corrected chi connectivity index (χ3v) is 2.71. The second-order valence-electron chi connectivity index (χ2n) is 4.20. The van der Waals surface area contributed by atoms with E-state index >= 15 is 0 Å². The maximum absolute atomic E-state index is 12.4. The molecular weight excluding hydrogens is 255 g/mol. The van der Waals surface area contributed by atoms with E-state index in [1.165, 1.54) is 12.1 Å². The number of aromatic nitrogens is 1. The second kappa shape index (κ2) is 5.01. The van der Waals surface area contributed by atoms with Gasteiger partial charge in [0.2, 0.25) is 0 Å². The molecule has 2 aromatic rings. The molecule has 0 bridgehead atoms. The number of alkyl halides is 3. The summed E-state index contributed by atoms with van der Waals surface area (Å²) in [5.74, 6) is 0. The van der Waals surface area contributed by atoms with E-state index in [0.717, 1.165) is 12.1 Å². The third-order valence-electron chi connectivity index (χ3n) is 2.71. The molecule has 0 unspecified atom stereocenters. The molecule has 0 spiro atoms. The largest absolute Gasteiger partial charge is 0.416 e. The fraction of sp³-hybridized carbons (Fsp3) is 0.214. The molecule has 0 saturated carbocycles. The van der Waals surface area contributed by atoms with Crippen molar-refractivity contribution in [1.29, 1.82) is 0 Å². The molecule has 100 valence electrons. The van der Waals surface area contributed by atoms with Crippen molar-refractivity contribution in [2.45, 2.75) is 19.2 Å². The molecule has 2 rings (SSSR count). The number of rotatable bonds is 2. The monoisotopic (exact) mass is 267 g/mol. The Morgan fingerprint density at radius 2 is 1.68 bits per heavy atom. The summed E-state index contributed by atoms with van der Waals surface area (Å²) in [6.45, 7) is 1.58. The lowest BCUT2D eigenvalue weighted by Crippen LogP contribution is -2.04. The van der Waals surface area contributed by atoms with Gasteiger partial charge in [-0.2, -0.15) is 13.2 Å². The third kappa shape index (κ3) is 3.12. The molecule has 1 aromatic heterocycles. The smallest absolute Gasteiger partial charge is 0.387 e. The van der Waals surface area contributed by atoms with E-state index < -0.39 is 17.8 Å². The zero-order valence-corrected chi connectivity index (χ0v) is 10.1. The number of hydrogen-bond acceptors (Lipinski definition) is 2. The molecule has 0 aliphatic rings. The lowest BCUT2D eigenvalue weighted by molar-refractivity contribution is -0.137. The molecule has 0 fully saturated rings. The van der Waals surface area contributed by atoms with E-state index in [1.54, 1.807) is 25.1 Å². The highest BCUT2D eigenvalue weighted by Gasteiger charge is 2.29. The van der Waals surface area contributed by atoms with Crippen LogP contribution in [0.25, 0.3) is 11.3 Å². The quantitative estimate of drug-likeness (QED) is 0.897. The van der Waals surface area contributed by atoms with Crippen molar-refractivity contribution in [1.82, 2.24) is 4.98 Å². The first-order chi connectivity index (χ1) is 8.88. The number of hydrogen-bond donors (Lipinski definition) is 1. The number of benzene rings is 1. The molecule has 0 saturated heterocycles. The van der Waals surface area contributed by atoms with Gasteiger partial charge in [-0.15, -0.1) is 0 Å². The number of pyridine rings is 1. The van der Waals surface area contributed by atoms with Gasteiger partial charge >= 0.3 is 6.18 Å². The average molecular weight is 267 g/mol. The molecule has 5 heteroatoms. The molecule has 0 aliphatic carbocycles. The summed E-state index contributed by atoms with van der Waals surface area (Å²) < 4.78 is 37.3. The van der Waals surface area contributed by atoms with E-state index in [1.807, 2.05) is 0 Å². The summed E-state index contributed by atoms with van der Waals surface area (Å²) in [5.41, 5.74) is 0.906. The summed E-state index contributed by atoms with van der Waals surface area (Å²) in [4.78, 5) is 4.20. The first-order valence-corrected chi connectivity index (χ1v) is 5.70. The molecule has 2 nitrogen and oxygen atoms in total. The van der Waals surface area contributed by atoms with Crippen molar-refractivity contribution in [3.05, 3.63) is 53.7 Å². The fourth-order valence-corrected chi connectivity index (χ4v) is 1.67. The average Bonchev–Trinajstić information content (AvgIpc) is 2.38. The van der Waals surface area contributed by atoms with E-state index in [9.17, 15) is 18.3 Å². The predicted molar refractivity (Wildman–Crippen MR) is 65.3 cm³/mol. The fourth-order valence-electron chi connectivity index (χ4n) is 1.67. The van der Waals surface area contributed by atoms with Crippen molar-refractivity contribution >= 4 is 0 Å². The van der Waals surface area contributed by atoms with E-state index in [-0.39, 0.29) is 0 Å². The van der Waals surface area contributed by atoms with Gasteiger partial charge in [0.05, 0.1) is 23.1 Å². The van der Waals surface area contributed by atoms with Gasteiger partial charge in [-0.25, -0.2) is 0 Å². The van der Waals surface area contributed by atoms with Crippen LogP contribution in [0.2, 0.25) is 0 Å². The van der Waals surface area contributed by atoms with Gasteiger partial charge in [0, 0.05) is 5.56 Å². The van der Waals surface area contributed by atoms with Crippen LogP contribution in [0.1, 0.15) is 24.3 Å². The maximum Gasteiger partial charge on any atom is 0.416 e. The first kappa shape index (κ1) is 13.5. The molecule has 1 aromatic carbocycles. The molecule has 0 aliphatic heterocycles. The van der Waals surface area contributed by atoms with Crippen LogP contribution in [0.4, 0.5) is 13.2 Å². The van der Waals surface area contributed by atoms with E-state index in [2.05, 4.69) is 4.98 Å². The minimum Gasteiger partial charge on any atom is -0.387 e. The predicted octanol–water partition coefficient (Wildman–Crippen LogP) is 3.82. The highest BCUT2D eigenvalue weighted by atomic mass is 19.4. The Labute approximate surface area is 108 Å².